The first kappa shape index (κ1) is 15.4. The van der Waals surface area contributed by atoms with Crippen molar-refractivity contribution in [1.29, 1.82) is 0 Å². The van der Waals surface area contributed by atoms with Crippen molar-refractivity contribution in [2.45, 2.75) is 19.3 Å². The lowest BCUT2D eigenvalue weighted by Crippen LogP contribution is -2.30. The van der Waals surface area contributed by atoms with E-state index in [1.165, 1.54) is 12.1 Å². The largest absolute Gasteiger partial charge is 0.483 e. The fourth-order valence-corrected chi connectivity index (χ4v) is 2.35. The lowest BCUT2D eigenvalue weighted by Gasteiger charge is -2.19. The Kier molecular flexibility index (Phi) is 4.85. The Morgan fingerprint density at radius 3 is 2.81 bits per heavy atom. The summed E-state index contributed by atoms with van der Waals surface area (Å²) in [5, 5.41) is 0.385. The van der Waals surface area contributed by atoms with Crippen LogP contribution in [0.5, 0.6) is 5.75 Å². The van der Waals surface area contributed by atoms with Gasteiger partial charge in [0.2, 0.25) is 0 Å². The minimum absolute atomic E-state index is 0.157. The SMILES string of the molecule is CN(C(=O)COc1ccc(Cl)cc1C(N)=O)C1=CCCC1. The summed E-state index contributed by atoms with van der Waals surface area (Å²) in [6.07, 6.45) is 5.01. The van der Waals surface area contributed by atoms with E-state index in [-0.39, 0.29) is 23.8 Å². The summed E-state index contributed by atoms with van der Waals surface area (Å²) in [4.78, 5) is 25.0. The Bertz CT molecular complexity index is 599. The van der Waals surface area contributed by atoms with Crippen molar-refractivity contribution in [3.63, 3.8) is 0 Å². The Balaban J connectivity index is 2.02. The number of nitrogens with zero attached hydrogens (tertiary/aromatic N) is 1. The van der Waals surface area contributed by atoms with Gasteiger partial charge in [-0.1, -0.05) is 17.7 Å². The van der Waals surface area contributed by atoms with Crippen LogP contribution in [0.3, 0.4) is 0 Å². The van der Waals surface area contributed by atoms with E-state index in [9.17, 15) is 9.59 Å². The number of hydrogen-bond acceptors (Lipinski definition) is 3. The van der Waals surface area contributed by atoms with Crippen LogP contribution < -0.4 is 10.5 Å². The van der Waals surface area contributed by atoms with Crippen molar-refractivity contribution in [1.82, 2.24) is 4.90 Å². The summed E-state index contributed by atoms with van der Waals surface area (Å²) in [5.74, 6) is -0.561. The van der Waals surface area contributed by atoms with E-state index in [2.05, 4.69) is 6.08 Å². The van der Waals surface area contributed by atoms with E-state index in [0.717, 1.165) is 25.0 Å². The van der Waals surface area contributed by atoms with Gasteiger partial charge in [0.05, 0.1) is 5.56 Å². The van der Waals surface area contributed by atoms with E-state index in [4.69, 9.17) is 22.1 Å². The predicted molar refractivity (Wildman–Crippen MR) is 80.2 cm³/mol. The van der Waals surface area contributed by atoms with E-state index in [1.54, 1.807) is 18.0 Å². The van der Waals surface area contributed by atoms with Crippen molar-refractivity contribution in [3.05, 3.63) is 40.6 Å². The number of ether oxygens (including phenoxy) is 1. The highest BCUT2D eigenvalue weighted by Gasteiger charge is 2.18. The molecule has 0 atom stereocenters. The first-order valence-electron chi connectivity index (χ1n) is 6.67. The third-order valence-corrected chi connectivity index (χ3v) is 3.62. The van der Waals surface area contributed by atoms with Crippen molar-refractivity contribution in [2.24, 2.45) is 5.73 Å². The number of allylic oxidation sites excluding steroid dienone is 2. The number of likely N-dealkylation sites (N-methyl/N-ethyl adjacent to an activating group) is 1. The Labute approximate surface area is 128 Å². The van der Waals surface area contributed by atoms with Crippen LogP contribution in [0.25, 0.3) is 0 Å². The first-order chi connectivity index (χ1) is 9.99. The van der Waals surface area contributed by atoms with Crippen LogP contribution in [-0.2, 0) is 4.79 Å². The molecule has 1 aliphatic rings. The molecule has 5 nitrogen and oxygen atoms in total. The molecule has 112 valence electrons. The predicted octanol–water partition coefficient (Wildman–Crippen LogP) is 2.34. The summed E-state index contributed by atoms with van der Waals surface area (Å²) in [5.41, 5.74) is 6.44. The van der Waals surface area contributed by atoms with Crippen LogP contribution in [0.2, 0.25) is 5.02 Å². The van der Waals surface area contributed by atoms with Crippen LogP contribution in [0.15, 0.2) is 30.0 Å². The zero-order valence-electron chi connectivity index (χ0n) is 11.8. The highest BCUT2D eigenvalue weighted by atomic mass is 35.5. The van der Waals surface area contributed by atoms with E-state index >= 15 is 0 Å². The zero-order valence-corrected chi connectivity index (χ0v) is 12.5. The summed E-state index contributed by atoms with van der Waals surface area (Å²) >= 11 is 5.81. The average molecular weight is 309 g/mol. The third-order valence-electron chi connectivity index (χ3n) is 3.38. The monoisotopic (exact) mass is 308 g/mol. The number of benzene rings is 1. The number of halogens is 1. The molecule has 2 rings (SSSR count). The standard InChI is InChI=1S/C15H17ClN2O3/c1-18(11-4-2-3-5-11)14(19)9-21-13-7-6-10(16)8-12(13)15(17)20/h4,6-8H,2-3,5,9H2,1H3,(H2,17,20). The van der Waals surface area contributed by atoms with Crippen LogP contribution in [-0.4, -0.2) is 30.4 Å². The molecule has 21 heavy (non-hydrogen) atoms. The molecule has 0 bridgehead atoms. The quantitative estimate of drug-likeness (QED) is 0.907. The summed E-state index contributed by atoms with van der Waals surface area (Å²) in [6.45, 7) is -0.157. The average Bonchev–Trinajstić information content (AvgIpc) is 2.98. The molecule has 0 unspecified atom stereocenters. The van der Waals surface area contributed by atoms with Gasteiger partial charge in [-0.2, -0.15) is 0 Å². The zero-order chi connectivity index (χ0) is 15.4. The van der Waals surface area contributed by atoms with Gasteiger partial charge in [-0.25, -0.2) is 0 Å². The van der Waals surface area contributed by atoms with Gasteiger partial charge in [-0.05, 0) is 37.5 Å². The molecule has 0 radical (unpaired) electrons. The fourth-order valence-electron chi connectivity index (χ4n) is 2.18. The highest BCUT2D eigenvalue weighted by Crippen LogP contribution is 2.23. The van der Waals surface area contributed by atoms with Gasteiger partial charge in [0.25, 0.3) is 11.8 Å². The molecule has 0 aromatic heterocycles. The molecule has 0 heterocycles. The molecule has 6 heteroatoms. The molecule has 0 saturated heterocycles. The van der Waals surface area contributed by atoms with Crippen LogP contribution in [0, 0.1) is 0 Å². The maximum absolute atomic E-state index is 12.1. The van der Waals surface area contributed by atoms with Gasteiger partial charge in [-0.15, -0.1) is 0 Å². The number of hydrogen-bond donors (Lipinski definition) is 1. The van der Waals surface area contributed by atoms with Crippen LogP contribution >= 0.6 is 11.6 Å². The smallest absolute Gasteiger partial charge is 0.264 e. The topological polar surface area (TPSA) is 72.6 Å². The van der Waals surface area contributed by atoms with Crippen molar-refractivity contribution in [2.75, 3.05) is 13.7 Å². The van der Waals surface area contributed by atoms with Crippen LogP contribution in [0.4, 0.5) is 0 Å². The van der Waals surface area contributed by atoms with Gasteiger partial charge in [0, 0.05) is 17.8 Å². The van der Waals surface area contributed by atoms with E-state index in [0.29, 0.717) is 5.02 Å². The van der Waals surface area contributed by atoms with Crippen molar-refractivity contribution < 1.29 is 14.3 Å². The van der Waals surface area contributed by atoms with E-state index in [1.807, 2.05) is 0 Å². The second kappa shape index (κ2) is 6.63. The lowest BCUT2D eigenvalue weighted by molar-refractivity contribution is -0.130. The van der Waals surface area contributed by atoms with E-state index < -0.39 is 5.91 Å². The molecule has 0 saturated carbocycles. The van der Waals surface area contributed by atoms with Crippen LogP contribution in [0.1, 0.15) is 29.6 Å². The summed E-state index contributed by atoms with van der Waals surface area (Å²) in [6, 6.07) is 4.54. The second-order valence-electron chi connectivity index (χ2n) is 4.83. The molecule has 0 spiro atoms. The molecule has 2 N–H and O–H groups in total. The molecule has 0 aliphatic heterocycles. The fraction of sp³-hybridized carbons (Fsp3) is 0.333. The Morgan fingerprint density at radius 1 is 1.43 bits per heavy atom. The van der Waals surface area contributed by atoms with Gasteiger partial charge in [0.1, 0.15) is 5.75 Å². The molecular formula is C15H17ClN2O3. The van der Waals surface area contributed by atoms with Crippen molar-refractivity contribution in [3.8, 4) is 5.75 Å². The van der Waals surface area contributed by atoms with Gasteiger partial charge in [-0.3, -0.25) is 9.59 Å². The van der Waals surface area contributed by atoms with Gasteiger partial charge >= 0.3 is 0 Å². The normalized spacial score (nSPS) is 13.7. The molecule has 2 amide bonds. The number of carbonyl (C=O) groups is 2. The lowest BCUT2D eigenvalue weighted by atomic mass is 10.2. The molecule has 0 fully saturated rings. The maximum atomic E-state index is 12.1. The van der Waals surface area contributed by atoms with Gasteiger partial charge < -0.3 is 15.4 Å². The Morgan fingerprint density at radius 2 is 2.19 bits per heavy atom. The molecule has 1 aliphatic carbocycles. The number of nitrogens with two attached hydrogens (primary N) is 1. The maximum Gasteiger partial charge on any atom is 0.264 e. The summed E-state index contributed by atoms with van der Waals surface area (Å²) in [7, 11) is 1.72. The Hall–Kier alpha value is -2.01. The first-order valence-corrected chi connectivity index (χ1v) is 7.04. The number of carbonyl (C=O) groups excluding carboxylic acids is 2. The molecule has 1 aromatic rings. The number of amides is 2. The van der Waals surface area contributed by atoms with Gasteiger partial charge in [0.15, 0.2) is 6.61 Å². The van der Waals surface area contributed by atoms with Crippen molar-refractivity contribution >= 4 is 23.4 Å². The third kappa shape index (κ3) is 3.76. The molecular weight excluding hydrogens is 292 g/mol. The summed E-state index contributed by atoms with van der Waals surface area (Å²) < 4.78 is 5.42. The molecule has 1 aromatic carbocycles. The minimum atomic E-state index is -0.646. The minimum Gasteiger partial charge on any atom is -0.483 e. The number of rotatable bonds is 5. The second-order valence-corrected chi connectivity index (χ2v) is 5.27. The highest BCUT2D eigenvalue weighted by molar-refractivity contribution is 6.31. The number of primary amides is 1.